The van der Waals surface area contributed by atoms with Crippen molar-refractivity contribution >= 4 is 5.91 Å². The molecule has 3 aromatic rings. The van der Waals surface area contributed by atoms with Gasteiger partial charge in [-0.3, -0.25) is 4.79 Å². The van der Waals surface area contributed by atoms with Crippen LogP contribution in [-0.2, 0) is 31.2 Å². The van der Waals surface area contributed by atoms with E-state index in [1.807, 2.05) is 16.5 Å². The van der Waals surface area contributed by atoms with Crippen LogP contribution in [0.15, 0.2) is 48.5 Å². The molecule has 0 spiro atoms. The summed E-state index contributed by atoms with van der Waals surface area (Å²) in [7, 11) is 2.00. The van der Waals surface area contributed by atoms with Gasteiger partial charge < -0.3 is 19.1 Å². The van der Waals surface area contributed by atoms with Gasteiger partial charge >= 0.3 is 0 Å². The highest BCUT2D eigenvalue weighted by Gasteiger charge is 2.31. The third-order valence-corrected chi connectivity index (χ3v) is 9.17. The molecule has 0 saturated carbocycles. The minimum Gasteiger partial charge on any atom is -0.377 e. The molecule has 2 aliphatic rings. The SMILES string of the molecule is CCCCCCc1cccc(-c2nc(CCCOCc3ccc(F)cc3)c(C(=O)N3CCC(N4CCCC4)CC3)n2C)c1. The topological polar surface area (TPSA) is 50.6 Å². The maximum atomic E-state index is 14.1. The minimum atomic E-state index is -0.241. The van der Waals surface area contributed by atoms with Crippen LogP contribution < -0.4 is 0 Å². The first-order chi connectivity index (χ1) is 21.0. The van der Waals surface area contributed by atoms with Crippen molar-refractivity contribution < 1.29 is 13.9 Å². The number of nitrogens with zero attached hydrogens (tertiary/aromatic N) is 4. The smallest absolute Gasteiger partial charge is 0.272 e. The van der Waals surface area contributed by atoms with Crippen LogP contribution in [0, 0.1) is 5.82 Å². The van der Waals surface area contributed by atoms with Crippen molar-refractivity contribution in [2.75, 3.05) is 32.8 Å². The van der Waals surface area contributed by atoms with E-state index in [4.69, 9.17) is 9.72 Å². The third-order valence-electron chi connectivity index (χ3n) is 9.17. The number of piperidine rings is 1. The Bertz CT molecular complexity index is 1310. The maximum absolute atomic E-state index is 14.1. The van der Waals surface area contributed by atoms with Gasteiger partial charge in [0, 0.05) is 38.3 Å². The molecule has 0 atom stereocenters. The van der Waals surface area contributed by atoms with Gasteiger partial charge in [0.15, 0.2) is 0 Å². The number of benzene rings is 2. The number of halogens is 1. The summed E-state index contributed by atoms with van der Waals surface area (Å²) in [5.74, 6) is 0.709. The number of unbranched alkanes of at least 4 members (excludes halogenated alkanes) is 3. The molecule has 7 heteroatoms. The van der Waals surface area contributed by atoms with E-state index in [1.54, 1.807) is 12.1 Å². The first kappa shape index (κ1) is 31.4. The molecule has 2 fully saturated rings. The predicted molar refractivity (Wildman–Crippen MR) is 171 cm³/mol. The van der Waals surface area contributed by atoms with Gasteiger partial charge in [0.05, 0.1) is 12.3 Å². The lowest BCUT2D eigenvalue weighted by molar-refractivity contribution is 0.0633. The predicted octanol–water partition coefficient (Wildman–Crippen LogP) is 7.20. The fourth-order valence-corrected chi connectivity index (χ4v) is 6.68. The summed E-state index contributed by atoms with van der Waals surface area (Å²) in [6, 6.07) is 15.7. The largest absolute Gasteiger partial charge is 0.377 e. The van der Waals surface area contributed by atoms with E-state index >= 15 is 0 Å². The van der Waals surface area contributed by atoms with Gasteiger partial charge in [0.25, 0.3) is 5.91 Å². The van der Waals surface area contributed by atoms with Crippen LogP contribution in [0.5, 0.6) is 0 Å². The van der Waals surface area contributed by atoms with E-state index < -0.39 is 0 Å². The highest BCUT2D eigenvalue weighted by atomic mass is 19.1. The van der Waals surface area contributed by atoms with E-state index in [0.29, 0.717) is 31.4 Å². The first-order valence-electron chi connectivity index (χ1n) is 16.5. The van der Waals surface area contributed by atoms with Crippen molar-refractivity contribution in [3.63, 3.8) is 0 Å². The highest BCUT2D eigenvalue weighted by Crippen LogP contribution is 2.27. The summed E-state index contributed by atoms with van der Waals surface area (Å²) in [6.45, 7) is 7.24. The molecule has 2 saturated heterocycles. The number of ether oxygens (including phenoxy) is 1. The van der Waals surface area contributed by atoms with Crippen molar-refractivity contribution in [2.24, 2.45) is 7.05 Å². The zero-order chi connectivity index (χ0) is 30.0. The van der Waals surface area contributed by atoms with E-state index in [2.05, 4.69) is 36.1 Å². The molecule has 3 heterocycles. The summed E-state index contributed by atoms with van der Waals surface area (Å²) >= 11 is 0. The van der Waals surface area contributed by atoms with Crippen molar-refractivity contribution in [1.82, 2.24) is 19.4 Å². The molecule has 2 aliphatic heterocycles. The molecule has 6 nitrogen and oxygen atoms in total. The Morgan fingerprint density at radius 2 is 1.70 bits per heavy atom. The zero-order valence-electron chi connectivity index (χ0n) is 26.2. The third kappa shape index (κ3) is 8.33. The molecule has 0 bridgehead atoms. The Balaban J connectivity index is 1.29. The van der Waals surface area contributed by atoms with E-state index in [1.165, 1.54) is 69.3 Å². The molecule has 0 aliphatic carbocycles. The molecular weight excluding hydrogens is 539 g/mol. The quantitative estimate of drug-likeness (QED) is 0.187. The first-order valence-corrected chi connectivity index (χ1v) is 16.5. The summed E-state index contributed by atoms with van der Waals surface area (Å²) < 4.78 is 21.1. The number of aryl methyl sites for hydroxylation is 2. The summed E-state index contributed by atoms with van der Waals surface area (Å²) in [5, 5.41) is 0. The number of imidazole rings is 1. The molecule has 5 rings (SSSR count). The molecule has 0 unspecified atom stereocenters. The average Bonchev–Trinajstić information content (AvgIpc) is 3.68. The Morgan fingerprint density at radius 3 is 2.44 bits per heavy atom. The van der Waals surface area contributed by atoms with E-state index in [-0.39, 0.29) is 11.7 Å². The second-order valence-corrected chi connectivity index (χ2v) is 12.3. The number of aromatic nitrogens is 2. The van der Waals surface area contributed by atoms with Crippen LogP contribution in [-0.4, -0.2) is 64.1 Å². The number of carbonyl (C=O) groups excluding carboxylic acids is 1. The fraction of sp³-hybridized carbons (Fsp3) is 0.556. The van der Waals surface area contributed by atoms with E-state index in [9.17, 15) is 9.18 Å². The van der Waals surface area contributed by atoms with Gasteiger partial charge in [-0.2, -0.15) is 0 Å². The van der Waals surface area contributed by atoms with Crippen molar-refractivity contribution in [1.29, 1.82) is 0 Å². The van der Waals surface area contributed by atoms with E-state index in [0.717, 1.165) is 61.4 Å². The van der Waals surface area contributed by atoms with Gasteiger partial charge in [0.2, 0.25) is 0 Å². The number of carbonyl (C=O) groups is 1. The molecule has 232 valence electrons. The molecule has 0 N–H and O–H groups in total. The van der Waals surface area contributed by atoms with Crippen molar-refractivity contribution in [3.05, 3.63) is 76.9 Å². The monoisotopic (exact) mass is 588 g/mol. The number of hydrogen-bond acceptors (Lipinski definition) is 4. The number of amides is 1. The van der Waals surface area contributed by atoms with Crippen LogP contribution in [0.3, 0.4) is 0 Å². The lowest BCUT2D eigenvalue weighted by Gasteiger charge is -2.36. The van der Waals surface area contributed by atoms with Crippen LogP contribution in [0.2, 0.25) is 0 Å². The fourth-order valence-electron chi connectivity index (χ4n) is 6.68. The Morgan fingerprint density at radius 1 is 0.930 bits per heavy atom. The zero-order valence-corrected chi connectivity index (χ0v) is 26.2. The molecule has 1 amide bonds. The molecule has 43 heavy (non-hydrogen) atoms. The maximum Gasteiger partial charge on any atom is 0.272 e. The number of likely N-dealkylation sites (tertiary alicyclic amines) is 2. The van der Waals surface area contributed by atoms with Crippen molar-refractivity contribution in [2.45, 2.75) is 90.2 Å². The van der Waals surface area contributed by atoms with Gasteiger partial charge in [0.1, 0.15) is 17.3 Å². The Hall–Kier alpha value is -3.03. The Kier molecular flexibility index (Phi) is 11.4. The average molecular weight is 589 g/mol. The minimum absolute atomic E-state index is 0.0964. The number of rotatable bonds is 14. The standard InChI is InChI=1S/C36H49FN4O2/c1-3-4-5-6-11-28-12-9-13-30(26-28)35-38-33(14-10-25-43-27-29-15-17-31(37)18-16-29)34(39(35)2)36(42)41-23-19-32(20-24-41)40-21-7-8-22-40/h9,12-13,15-18,26,32H,3-8,10-11,14,19-25,27H2,1-2H3. The van der Waals surface area contributed by atoms with Crippen LogP contribution in [0.1, 0.15) is 92.0 Å². The lowest BCUT2D eigenvalue weighted by atomic mass is 10.0. The number of hydrogen-bond donors (Lipinski definition) is 0. The second kappa shape index (κ2) is 15.6. The van der Waals surface area contributed by atoms with Crippen molar-refractivity contribution in [3.8, 4) is 11.4 Å². The van der Waals surface area contributed by atoms with Crippen LogP contribution >= 0.6 is 0 Å². The highest BCUT2D eigenvalue weighted by molar-refractivity contribution is 5.94. The van der Waals surface area contributed by atoms with Crippen LogP contribution in [0.25, 0.3) is 11.4 Å². The molecule has 1 aromatic heterocycles. The molecule has 0 radical (unpaired) electrons. The summed E-state index contributed by atoms with van der Waals surface area (Å²) in [6.07, 6.45) is 12.1. The molecular formula is C36H49FN4O2. The van der Waals surface area contributed by atoms with Crippen LogP contribution in [0.4, 0.5) is 4.39 Å². The van der Waals surface area contributed by atoms with Gasteiger partial charge in [-0.25, -0.2) is 9.37 Å². The second-order valence-electron chi connectivity index (χ2n) is 12.3. The normalized spacial score (nSPS) is 16.3. The van der Waals surface area contributed by atoms with Gasteiger partial charge in [-0.05, 0) is 93.8 Å². The summed E-state index contributed by atoms with van der Waals surface area (Å²) in [4.78, 5) is 23.8. The molecule has 2 aromatic carbocycles. The lowest BCUT2D eigenvalue weighted by Crippen LogP contribution is -2.46. The van der Waals surface area contributed by atoms with Gasteiger partial charge in [-0.1, -0.05) is 56.5 Å². The van der Waals surface area contributed by atoms with Gasteiger partial charge in [-0.15, -0.1) is 0 Å². The summed E-state index contributed by atoms with van der Waals surface area (Å²) in [5.41, 5.74) is 4.90. The Labute approximate surface area is 257 Å².